The fourth-order valence-electron chi connectivity index (χ4n) is 2.36. The van der Waals surface area contributed by atoms with Crippen molar-refractivity contribution in [1.82, 2.24) is 10.2 Å². The Morgan fingerprint density at radius 1 is 1.00 bits per heavy atom. The van der Waals surface area contributed by atoms with Crippen LogP contribution in [0.2, 0.25) is 0 Å². The predicted octanol–water partition coefficient (Wildman–Crippen LogP) is 1.62. The molecular weight excluding hydrogens is 244 g/mol. The van der Waals surface area contributed by atoms with Crippen molar-refractivity contribution in [2.24, 2.45) is 0 Å². The number of carbonyl (C=O) groups is 2. The quantitative estimate of drug-likeness (QED) is 0.658. The highest BCUT2D eigenvalue weighted by Crippen LogP contribution is 2.08. The molecule has 0 aliphatic carbocycles. The molecule has 0 spiro atoms. The van der Waals surface area contributed by atoms with Gasteiger partial charge < -0.3 is 15.3 Å². The third-order valence-corrected chi connectivity index (χ3v) is 3.49. The zero-order valence-electron chi connectivity index (χ0n) is 11.7. The molecule has 1 rings (SSSR count). The predicted molar refractivity (Wildman–Crippen MR) is 74.0 cm³/mol. The second-order valence-corrected chi connectivity index (χ2v) is 5.21. The molecule has 1 aliphatic rings. The molecule has 1 aliphatic heterocycles. The van der Waals surface area contributed by atoms with E-state index in [-0.39, 0.29) is 12.3 Å². The van der Waals surface area contributed by atoms with Gasteiger partial charge in [-0.3, -0.25) is 9.59 Å². The summed E-state index contributed by atoms with van der Waals surface area (Å²) in [6.07, 6.45) is 7.01. The summed E-state index contributed by atoms with van der Waals surface area (Å²) in [4.78, 5) is 24.2. The van der Waals surface area contributed by atoms with Crippen LogP contribution in [0.3, 0.4) is 0 Å². The first kappa shape index (κ1) is 16.0. The Balaban J connectivity index is 1.98. The zero-order valence-corrected chi connectivity index (χ0v) is 11.7. The van der Waals surface area contributed by atoms with Crippen LogP contribution in [-0.2, 0) is 9.59 Å². The van der Waals surface area contributed by atoms with Gasteiger partial charge in [0.05, 0.1) is 0 Å². The van der Waals surface area contributed by atoms with Gasteiger partial charge in [0.15, 0.2) is 0 Å². The number of unbranched alkanes of at least 4 members (excludes halogenated alkanes) is 1. The second-order valence-electron chi connectivity index (χ2n) is 5.21. The Morgan fingerprint density at radius 2 is 1.63 bits per heavy atom. The minimum Gasteiger partial charge on any atom is -0.481 e. The number of amides is 1. The number of carboxylic acids is 1. The van der Waals surface area contributed by atoms with Gasteiger partial charge in [-0.2, -0.15) is 0 Å². The van der Waals surface area contributed by atoms with Gasteiger partial charge in [0.25, 0.3) is 0 Å². The fourth-order valence-corrected chi connectivity index (χ4v) is 2.36. The van der Waals surface area contributed by atoms with Crippen LogP contribution in [0.1, 0.15) is 51.4 Å². The van der Waals surface area contributed by atoms with Crippen LogP contribution in [0, 0.1) is 0 Å². The van der Waals surface area contributed by atoms with Crippen molar-refractivity contribution in [3.63, 3.8) is 0 Å². The minimum absolute atomic E-state index is 0.0419. The van der Waals surface area contributed by atoms with E-state index in [0.29, 0.717) is 25.8 Å². The van der Waals surface area contributed by atoms with E-state index in [1.54, 1.807) is 0 Å². The highest BCUT2D eigenvalue weighted by atomic mass is 16.4. The number of nitrogens with zero attached hydrogens (tertiary/aromatic N) is 1. The fraction of sp³-hybridized carbons (Fsp3) is 0.857. The van der Waals surface area contributed by atoms with Crippen molar-refractivity contribution >= 4 is 11.9 Å². The third-order valence-electron chi connectivity index (χ3n) is 3.49. The van der Waals surface area contributed by atoms with Crippen LogP contribution in [-0.4, -0.2) is 48.1 Å². The molecule has 110 valence electrons. The first-order chi connectivity index (χ1) is 9.18. The van der Waals surface area contributed by atoms with Gasteiger partial charge in [0.2, 0.25) is 5.91 Å². The molecule has 1 amide bonds. The van der Waals surface area contributed by atoms with Crippen molar-refractivity contribution in [2.75, 3.05) is 26.2 Å². The molecule has 1 fully saturated rings. The molecule has 2 N–H and O–H groups in total. The Bertz CT molecular complexity index is 274. The number of hydrogen-bond donors (Lipinski definition) is 2. The summed E-state index contributed by atoms with van der Waals surface area (Å²) in [6, 6.07) is 0. The highest BCUT2D eigenvalue weighted by Gasteiger charge is 2.09. The third kappa shape index (κ3) is 8.59. The lowest BCUT2D eigenvalue weighted by Gasteiger charge is -2.19. The molecule has 5 nitrogen and oxygen atoms in total. The SMILES string of the molecule is O=C(O)CCCCC(=O)NCCN1CCCCCC1. The van der Waals surface area contributed by atoms with E-state index >= 15 is 0 Å². The topological polar surface area (TPSA) is 69.6 Å². The maximum atomic E-state index is 11.5. The lowest BCUT2D eigenvalue weighted by Crippen LogP contribution is -2.35. The lowest BCUT2D eigenvalue weighted by molar-refractivity contribution is -0.137. The molecule has 1 saturated heterocycles. The van der Waals surface area contributed by atoms with Gasteiger partial charge in [-0.1, -0.05) is 12.8 Å². The first-order valence-electron chi connectivity index (χ1n) is 7.39. The summed E-state index contributed by atoms with van der Waals surface area (Å²) in [5, 5.41) is 11.4. The average Bonchev–Trinajstić information content (AvgIpc) is 2.63. The molecule has 0 radical (unpaired) electrons. The smallest absolute Gasteiger partial charge is 0.303 e. The summed E-state index contributed by atoms with van der Waals surface area (Å²) >= 11 is 0. The van der Waals surface area contributed by atoms with Gasteiger partial charge in [0.1, 0.15) is 0 Å². The Kier molecular flexibility index (Phi) is 8.21. The van der Waals surface area contributed by atoms with Crippen LogP contribution >= 0.6 is 0 Å². The lowest BCUT2D eigenvalue weighted by atomic mass is 10.2. The number of carbonyl (C=O) groups excluding carboxylic acids is 1. The van der Waals surface area contributed by atoms with E-state index in [9.17, 15) is 9.59 Å². The number of likely N-dealkylation sites (tertiary alicyclic amines) is 1. The van der Waals surface area contributed by atoms with E-state index in [2.05, 4.69) is 10.2 Å². The zero-order chi connectivity index (χ0) is 13.9. The van der Waals surface area contributed by atoms with Crippen LogP contribution < -0.4 is 5.32 Å². The average molecular weight is 270 g/mol. The maximum absolute atomic E-state index is 11.5. The molecule has 0 saturated carbocycles. The molecule has 1 heterocycles. The van der Waals surface area contributed by atoms with Crippen molar-refractivity contribution in [3.8, 4) is 0 Å². The van der Waals surface area contributed by atoms with Gasteiger partial charge >= 0.3 is 5.97 Å². The molecule has 0 bridgehead atoms. The first-order valence-corrected chi connectivity index (χ1v) is 7.39. The molecule has 5 heteroatoms. The van der Waals surface area contributed by atoms with Crippen molar-refractivity contribution in [2.45, 2.75) is 51.4 Å². The highest BCUT2D eigenvalue weighted by molar-refractivity contribution is 5.75. The van der Waals surface area contributed by atoms with E-state index < -0.39 is 5.97 Å². The van der Waals surface area contributed by atoms with E-state index in [4.69, 9.17) is 5.11 Å². The summed E-state index contributed by atoms with van der Waals surface area (Å²) in [6.45, 7) is 3.93. The van der Waals surface area contributed by atoms with Gasteiger partial charge in [-0.15, -0.1) is 0 Å². The van der Waals surface area contributed by atoms with Crippen molar-refractivity contribution in [3.05, 3.63) is 0 Å². The van der Waals surface area contributed by atoms with E-state index in [0.717, 1.165) is 19.6 Å². The number of hydrogen-bond acceptors (Lipinski definition) is 3. The molecule has 0 aromatic rings. The van der Waals surface area contributed by atoms with Crippen LogP contribution in [0.4, 0.5) is 0 Å². The molecule has 0 atom stereocenters. The number of nitrogens with one attached hydrogen (secondary N) is 1. The van der Waals surface area contributed by atoms with Crippen LogP contribution in [0.15, 0.2) is 0 Å². The summed E-state index contributed by atoms with van der Waals surface area (Å²) in [7, 11) is 0. The number of carboxylic acid groups (broad SMARTS) is 1. The normalized spacial score (nSPS) is 16.8. The number of rotatable bonds is 8. The summed E-state index contributed by atoms with van der Waals surface area (Å²) in [5.74, 6) is -0.748. The summed E-state index contributed by atoms with van der Waals surface area (Å²) in [5.41, 5.74) is 0. The van der Waals surface area contributed by atoms with Gasteiger partial charge in [-0.05, 0) is 38.8 Å². The Labute approximate surface area is 115 Å². The summed E-state index contributed by atoms with van der Waals surface area (Å²) < 4.78 is 0. The standard InChI is InChI=1S/C14H26N2O3/c17-13(7-3-4-8-14(18)19)15-9-12-16-10-5-1-2-6-11-16/h1-12H2,(H,15,17)(H,18,19). The van der Waals surface area contributed by atoms with E-state index in [1.807, 2.05) is 0 Å². The van der Waals surface area contributed by atoms with Crippen molar-refractivity contribution in [1.29, 1.82) is 0 Å². The molecule has 0 aromatic carbocycles. The van der Waals surface area contributed by atoms with Crippen LogP contribution in [0.5, 0.6) is 0 Å². The monoisotopic (exact) mass is 270 g/mol. The Hall–Kier alpha value is -1.10. The Morgan fingerprint density at radius 3 is 2.26 bits per heavy atom. The van der Waals surface area contributed by atoms with Gasteiger partial charge in [0, 0.05) is 25.9 Å². The largest absolute Gasteiger partial charge is 0.481 e. The second kappa shape index (κ2) is 9.78. The molecular formula is C14H26N2O3. The number of aliphatic carboxylic acids is 1. The molecule has 19 heavy (non-hydrogen) atoms. The molecule has 0 unspecified atom stereocenters. The van der Waals surface area contributed by atoms with Crippen LogP contribution in [0.25, 0.3) is 0 Å². The molecule has 0 aromatic heterocycles. The van der Waals surface area contributed by atoms with E-state index in [1.165, 1.54) is 25.7 Å². The minimum atomic E-state index is -0.790. The maximum Gasteiger partial charge on any atom is 0.303 e. The van der Waals surface area contributed by atoms with Crippen molar-refractivity contribution < 1.29 is 14.7 Å². The van der Waals surface area contributed by atoms with Gasteiger partial charge in [-0.25, -0.2) is 0 Å².